The zero-order valence-electron chi connectivity index (χ0n) is 13.8. The van der Waals surface area contributed by atoms with Gasteiger partial charge in [-0.1, -0.05) is 6.07 Å². The quantitative estimate of drug-likeness (QED) is 0.892. The Balaban J connectivity index is 1.89. The molecule has 8 heteroatoms. The maximum absolute atomic E-state index is 14.1. The van der Waals surface area contributed by atoms with Gasteiger partial charge in [0.2, 0.25) is 10.0 Å². The number of rotatable bonds is 4. The number of carbonyl (C=O) groups is 1. The van der Waals surface area contributed by atoms with Crippen molar-refractivity contribution in [3.05, 3.63) is 59.4 Å². The van der Waals surface area contributed by atoms with Gasteiger partial charge in [-0.05, 0) is 49.2 Å². The van der Waals surface area contributed by atoms with E-state index in [9.17, 15) is 17.6 Å². The Kier molecular flexibility index (Phi) is 5.02. The van der Waals surface area contributed by atoms with Crippen LogP contribution in [-0.4, -0.2) is 31.7 Å². The fourth-order valence-corrected chi connectivity index (χ4v) is 4.39. The van der Waals surface area contributed by atoms with Gasteiger partial charge in [0.25, 0.3) is 5.91 Å². The average molecular weight is 373 g/mol. The Hall–Kier alpha value is -2.76. The van der Waals surface area contributed by atoms with Crippen molar-refractivity contribution in [3.63, 3.8) is 0 Å². The third kappa shape index (κ3) is 3.59. The molecule has 1 heterocycles. The molecule has 1 aliphatic rings. The first-order valence-electron chi connectivity index (χ1n) is 8.03. The van der Waals surface area contributed by atoms with Crippen molar-refractivity contribution in [2.75, 3.05) is 18.4 Å². The van der Waals surface area contributed by atoms with Crippen molar-refractivity contribution < 1.29 is 17.6 Å². The van der Waals surface area contributed by atoms with Gasteiger partial charge < -0.3 is 5.32 Å². The molecule has 0 saturated carbocycles. The van der Waals surface area contributed by atoms with Crippen LogP contribution in [0.15, 0.2) is 47.4 Å². The van der Waals surface area contributed by atoms with Crippen LogP contribution in [0, 0.1) is 17.1 Å². The van der Waals surface area contributed by atoms with Gasteiger partial charge in [0.05, 0.1) is 11.6 Å². The van der Waals surface area contributed by atoms with Crippen LogP contribution in [0.3, 0.4) is 0 Å². The molecule has 6 nitrogen and oxygen atoms in total. The number of carbonyl (C=O) groups excluding carboxylic acids is 1. The van der Waals surface area contributed by atoms with Crippen molar-refractivity contribution in [2.24, 2.45) is 0 Å². The fraction of sp³-hybridized carbons (Fsp3) is 0.222. The fourth-order valence-electron chi connectivity index (χ4n) is 2.78. The maximum atomic E-state index is 14.1. The van der Waals surface area contributed by atoms with Crippen molar-refractivity contribution >= 4 is 21.6 Å². The second-order valence-electron chi connectivity index (χ2n) is 5.90. The van der Waals surface area contributed by atoms with Gasteiger partial charge in [-0.3, -0.25) is 4.79 Å². The molecule has 2 aromatic rings. The summed E-state index contributed by atoms with van der Waals surface area (Å²) in [7, 11) is -3.97. The largest absolute Gasteiger partial charge is 0.322 e. The lowest BCUT2D eigenvalue weighted by Crippen LogP contribution is -2.29. The molecule has 0 aliphatic carbocycles. The lowest BCUT2D eigenvalue weighted by molar-refractivity contribution is 0.102. The number of nitrogens with one attached hydrogen (secondary N) is 1. The zero-order valence-corrected chi connectivity index (χ0v) is 14.6. The molecular weight excluding hydrogens is 357 g/mol. The minimum Gasteiger partial charge on any atom is -0.322 e. The van der Waals surface area contributed by atoms with Gasteiger partial charge in [-0.25, -0.2) is 12.8 Å². The van der Waals surface area contributed by atoms with Crippen molar-refractivity contribution in [3.8, 4) is 6.07 Å². The number of nitriles is 1. The van der Waals surface area contributed by atoms with E-state index in [1.165, 1.54) is 16.4 Å². The standard InChI is InChI=1S/C18H16FN3O3S/c19-16-7-6-14(11-17(16)26(24,25)22-8-1-2-9-22)18(23)21-15-5-3-4-13(10-15)12-20/h3-7,10-11H,1-2,8-9H2,(H,21,23). The Morgan fingerprint density at radius 3 is 2.58 bits per heavy atom. The third-order valence-electron chi connectivity index (χ3n) is 4.13. The van der Waals surface area contributed by atoms with Crippen LogP contribution in [0.5, 0.6) is 0 Å². The number of benzene rings is 2. The minimum atomic E-state index is -3.97. The number of sulfonamides is 1. The van der Waals surface area contributed by atoms with Gasteiger partial charge in [0.1, 0.15) is 10.7 Å². The molecule has 0 atom stereocenters. The number of nitrogens with zero attached hydrogens (tertiary/aromatic N) is 2. The Bertz CT molecular complexity index is 993. The van der Waals surface area contributed by atoms with Crippen LogP contribution in [0.2, 0.25) is 0 Å². The number of hydrogen-bond acceptors (Lipinski definition) is 4. The molecule has 1 amide bonds. The van der Waals surface area contributed by atoms with Crippen LogP contribution in [0.1, 0.15) is 28.8 Å². The summed E-state index contributed by atoms with van der Waals surface area (Å²) in [5, 5.41) is 11.5. The lowest BCUT2D eigenvalue weighted by atomic mass is 10.2. The monoisotopic (exact) mass is 373 g/mol. The number of hydrogen-bond donors (Lipinski definition) is 1. The van der Waals surface area contributed by atoms with E-state index in [4.69, 9.17) is 5.26 Å². The molecule has 2 aromatic carbocycles. The minimum absolute atomic E-state index is 0.0199. The highest BCUT2D eigenvalue weighted by molar-refractivity contribution is 7.89. The van der Waals surface area contributed by atoms with E-state index >= 15 is 0 Å². The maximum Gasteiger partial charge on any atom is 0.255 e. The zero-order chi connectivity index (χ0) is 18.7. The van der Waals surface area contributed by atoms with Crippen LogP contribution < -0.4 is 5.32 Å². The van der Waals surface area contributed by atoms with Crippen LogP contribution in [0.4, 0.5) is 10.1 Å². The molecule has 1 N–H and O–H groups in total. The van der Waals surface area contributed by atoms with Crippen LogP contribution in [0.25, 0.3) is 0 Å². The number of halogens is 1. The summed E-state index contributed by atoms with van der Waals surface area (Å²) in [4.78, 5) is 11.9. The summed E-state index contributed by atoms with van der Waals surface area (Å²) < 4.78 is 40.5. The van der Waals surface area contributed by atoms with Gasteiger partial charge in [0, 0.05) is 24.3 Å². The van der Waals surface area contributed by atoms with E-state index in [-0.39, 0.29) is 5.56 Å². The molecule has 26 heavy (non-hydrogen) atoms. The first kappa shape index (κ1) is 18.0. The van der Waals surface area contributed by atoms with E-state index in [0.29, 0.717) is 24.3 Å². The highest BCUT2D eigenvalue weighted by Crippen LogP contribution is 2.24. The molecule has 0 bridgehead atoms. The number of anilines is 1. The van der Waals surface area contributed by atoms with Gasteiger partial charge in [-0.15, -0.1) is 0 Å². The summed E-state index contributed by atoms with van der Waals surface area (Å²) in [6.45, 7) is 0.693. The molecule has 1 aliphatic heterocycles. The molecule has 0 unspecified atom stereocenters. The van der Waals surface area contributed by atoms with E-state index in [1.54, 1.807) is 18.2 Å². The van der Waals surface area contributed by atoms with Gasteiger partial charge in [-0.2, -0.15) is 9.57 Å². The first-order valence-corrected chi connectivity index (χ1v) is 9.47. The summed E-state index contributed by atoms with van der Waals surface area (Å²) >= 11 is 0. The summed E-state index contributed by atoms with van der Waals surface area (Å²) in [6, 6.07) is 11.5. The first-order chi connectivity index (χ1) is 12.4. The highest BCUT2D eigenvalue weighted by atomic mass is 32.2. The normalized spacial score (nSPS) is 14.8. The molecule has 1 saturated heterocycles. The average Bonchev–Trinajstić information content (AvgIpc) is 3.17. The van der Waals surface area contributed by atoms with Gasteiger partial charge >= 0.3 is 0 Å². The summed E-state index contributed by atoms with van der Waals surface area (Å²) in [6.07, 6.45) is 1.46. The number of amides is 1. The topological polar surface area (TPSA) is 90.3 Å². The third-order valence-corrected chi connectivity index (χ3v) is 6.04. The van der Waals surface area contributed by atoms with Crippen LogP contribution in [-0.2, 0) is 10.0 Å². The Morgan fingerprint density at radius 1 is 1.15 bits per heavy atom. The Morgan fingerprint density at radius 2 is 1.88 bits per heavy atom. The van der Waals surface area contributed by atoms with E-state index in [1.807, 2.05) is 6.07 Å². The second kappa shape index (κ2) is 7.23. The molecule has 134 valence electrons. The van der Waals surface area contributed by atoms with Crippen molar-refractivity contribution in [1.29, 1.82) is 5.26 Å². The molecular formula is C18H16FN3O3S. The lowest BCUT2D eigenvalue weighted by Gasteiger charge is -2.16. The highest BCUT2D eigenvalue weighted by Gasteiger charge is 2.30. The van der Waals surface area contributed by atoms with Crippen molar-refractivity contribution in [1.82, 2.24) is 4.31 Å². The molecule has 0 radical (unpaired) electrons. The van der Waals surface area contributed by atoms with E-state index in [2.05, 4.69) is 5.32 Å². The molecule has 0 spiro atoms. The second-order valence-corrected chi connectivity index (χ2v) is 7.81. The predicted molar refractivity (Wildman–Crippen MR) is 93.5 cm³/mol. The molecule has 0 aromatic heterocycles. The molecule has 1 fully saturated rings. The predicted octanol–water partition coefficient (Wildman–Crippen LogP) is 2.73. The van der Waals surface area contributed by atoms with E-state index < -0.39 is 26.6 Å². The Labute approximate surface area is 150 Å². The van der Waals surface area contributed by atoms with Crippen molar-refractivity contribution in [2.45, 2.75) is 17.7 Å². The van der Waals surface area contributed by atoms with E-state index in [0.717, 1.165) is 25.0 Å². The molecule has 3 rings (SSSR count). The van der Waals surface area contributed by atoms with Crippen LogP contribution >= 0.6 is 0 Å². The van der Waals surface area contributed by atoms with Gasteiger partial charge in [0.15, 0.2) is 0 Å². The smallest absolute Gasteiger partial charge is 0.255 e. The summed E-state index contributed by atoms with van der Waals surface area (Å²) in [5.74, 6) is -1.47. The summed E-state index contributed by atoms with van der Waals surface area (Å²) in [5.41, 5.74) is 0.785. The SMILES string of the molecule is N#Cc1cccc(NC(=O)c2ccc(F)c(S(=O)(=O)N3CCCC3)c2)c1.